The average molecular weight is 497 g/mol. The van der Waals surface area contributed by atoms with Gasteiger partial charge in [0.05, 0.1) is 4.88 Å². The second-order valence-corrected chi connectivity index (χ2v) is 12.0. The van der Waals surface area contributed by atoms with Crippen molar-refractivity contribution >= 4 is 66.1 Å². The molecule has 2 aromatic heterocycles. The fourth-order valence-corrected chi connectivity index (χ4v) is 7.46. The van der Waals surface area contributed by atoms with Gasteiger partial charge in [-0.15, -0.1) is 22.7 Å². The molecule has 7 nitrogen and oxygen atoms in total. The van der Waals surface area contributed by atoms with Gasteiger partial charge in [0.1, 0.15) is 10.0 Å². The molecule has 1 amide bonds. The van der Waals surface area contributed by atoms with Gasteiger partial charge in [0.2, 0.25) is 0 Å². The number of hydrogen-bond acceptors (Lipinski definition) is 6. The summed E-state index contributed by atoms with van der Waals surface area (Å²) in [6, 6.07) is 8.72. The number of thiophene rings is 2. The number of benzene rings is 1. The summed E-state index contributed by atoms with van der Waals surface area (Å²) in [5, 5.41) is 11.3. The Morgan fingerprint density at radius 1 is 1.13 bits per heavy atom. The van der Waals surface area contributed by atoms with E-state index in [9.17, 15) is 13.2 Å². The Hall–Kier alpha value is -1.98. The molecule has 1 aliphatic rings. The van der Waals surface area contributed by atoms with Crippen molar-refractivity contribution < 1.29 is 13.2 Å². The molecule has 3 aromatic rings. The molecule has 0 radical (unpaired) electrons. The van der Waals surface area contributed by atoms with Crippen molar-refractivity contribution in [3.8, 4) is 0 Å². The zero-order valence-corrected chi connectivity index (χ0v) is 20.2. The molecule has 11 heteroatoms. The quantitative estimate of drug-likeness (QED) is 0.441. The van der Waals surface area contributed by atoms with Crippen LogP contribution in [0.4, 0.5) is 0 Å². The average Bonchev–Trinajstić information content (AvgIpc) is 3.40. The van der Waals surface area contributed by atoms with Crippen molar-refractivity contribution in [2.75, 3.05) is 40.3 Å². The van der Waals surface area contributed by atoms with Crippen LogP contribution in [0.2, 0.25) is 5.02 Å². The van der Waals surface area contributed by atoms with E-state index in [0.29, 0.717) is 34.4 Å². The minimum atomic E-state index is -3.63. The normalized spacial score (nSPS) is 15.4. The zero-order chi connectivity index (χ0) is 22.3. The maximum absolute atomic E-state index is 13.1. The number of amidine groups is 1. The van der Waals surface area contributed by atoms with Crippen LogP contribution in [0.3, 0.4) is 0 Å². The smallest absolute Gasteiger partial charge is 0.264 e. The molecule has 4 rings (SSSR count). The van der Waals surface area contributed by atoms with Crippen molar-refractivity contribution in [3.05, 3.63) is 51.2 Å². The van der Waals surface area contributed by atoms with Crippen LogP contribution < -0.4 is 0 Å². The van der Waals surface area contributed by atoms with Crippen molar-refractivity contribution in [1.82, 2.24) is 14.1 Å². The predicted molar refractivity (Wildman–Crippen MR) is 126 cm³/mol. The van der Waals surface area contributed by atoms with E-state index in [1.165, 1.54) is 27.0 Å². The number of amides is 1. The zero-order valence-electron chi connectivity index (χ0n) is 17.0. The number of carbonyl (C=O) groups excluding carboxylic acids is 1. The topological polar surface area (TPSA) is 84.8 Å². The largest absolute Gasteiger partial charge is 0.363 e. The standard InChI is InChI=1S/C20H21ClN4O3S3/c1-23(2)19(22)14-9-17(29-12-14)20(26)24-5-7-25(8-6-24)31(27,28)18-10-13-3-4-15(21)11-16(13)30-18/h3-4,9-12,22H,5-8H2,1-2H3. The lowest BCUT2D eigenvalue weighted by molar-refractivity contribution is 0.0703. The van der Waals surface area contributed by atoms with Crippen molar-refractivity contribution in [2.45, 2.75) is 4.21 Å². The molecule has 0 atom stereocenters. The Labute approximate surface area is 194 Å². The number of carbonyl (C=O) groups is 1. The van der Waals surface area contributed by atoms with E-state index in [1.54, 1.807) is 53.5 Å². The minimum Gasteiger partial charge on any atom is -0.363 e. The van der Waals surface area contributed by atoms with Gasteiger partial charge in [-0.25, -0.2) is 8.42 Å². The summed E-state index contributed by atoms with van der Waals surface area (Å²) < 4.78 is 28.8. The number of piperazine rings is 1. The second kappa shape index (κ2) is 8.51. The first kappa shape index (κ1) is 22.2. The lowest BCUT2D eigenvalue weighted by atomic mass is 10.2. The molecule has 0 spiro atoms. The molecule has 1 aliphatic heterocycles. The molecule has 1 aromatic carbocycles. The highest BCUT2D eigenvalue weighted by Crippen LogP contribution is 2.33. The van der Waals surface area contributed by atoms with E-state index in [2.05, 4.69) is 0 Å². The first-order valence-corrected chi connectivity index (χ1v) is 13.0. The molecule has 0 saturated carbocycles. The fourth-order valence-electron chi connectivity index (χ4n) is 3.35. The molecular formula is C20H21ClN4O3S3. The van der Waals surface area contributed by atoms with E-state index in [0.717, 1.165) is 10.1 Å². The van der Waals surface area contributed by atoms with Crippen molar-refractivity contribution in [2.24, 2.45) is 0 Å². The van der Waals surface area contributed by atoms with Crippen LogP contribution in [0.25, 0.3) is 10.1 Å². The Balaban J connectivity index is 1.45. The predicted octanol–water partition coefficient (Wildman–Crippen LogP) is 3.65. The number of hydrogen-bond donors (Lipinski definition) is 1. The van der Waals surface area contributed by atoms with Crippen LogP contribution in [0.5, 0.6) is 0 Å². The lowest BCUT2D eigenvalue weighted by Gasteiger charge is -2.33. The van der Waals surface area contributed by atoms with Crippen LogP contribution in [0, 0.1) is 5.41 Å². The molecule has 1 fully saturated rings. The maximum Gasteiger partial charge on any atom is 0.264 e. The van der Waals surface area contributed by atoms with Crippen LogP contribution in [0.1, 0.15) is 15.2 Å². The Kier molecular flexibility index (Phi) is 6.10. The summed E-state index contributed by atoms with van der Waals surface area (Å²) in [6.45, 7) is 1.14. The summed E-state index contributed by atoms with van der Waals surface area (Å²) in [6.07, 6.45) is 0. The van der Waals surface area contributed by atoms with E-state index in [4.69, 9.17) is 17.0 Å². The number of sulfonamides is 1. The van der Waals surface area contributed by atoms with E-state index in [1.807, 2.05) is 6.07 Å². The lowest BCUT2D eigenvalue weighted by Crippen LogP contribution is -2.50. The third-order valence-electron chi connectivity index (χ3n) is 5.11. The first-order chi connectivity index (χ1) is 14.7. The van der Waals surface area contributed by atoms with Crippen LogP contribution in [-0.2, 0) is 10.0 Å². The number of nitrogens with zero attached hydrogens (tertiary/aromatic N) is 3. The van der Waals surface area contributed by atoms with Crippen LogP contribution in [0.15, 0.2) is 39.9 Å². The molecule has 0 aliphatic carbocycles. The highest BCUT2D eigenvalue weighted by molar-refractivity contribution is 7.91. The van der Waals surface area contributed by atoms with Gasteiger partial charge in [0.15, 0.2) is 0 Å². The third kappa shape index (κ3) is 4.35. The highest BCUT2D eigenvalue weighted by Gasteiger charge is 2.32. The van der Waals surface area contributed by atoms with Gasteiger partial charge in [0.25, 0.3) is 15.9 Å². The Bertz CT molecular complexity index is 1260. The summed E-state index contributed by atoms with van der Waals surface area (Å²) in [5.74, 6) is 0.215. The van der Waals surface area contributed by atoms with Gasteiger partial charge in [-0.1, -0.05) is 17.7 Å². The Morgan fingerprint density at radius 3 is 2.52 bits per heavy atom. The van der Waals surface area contributed by atoms with E-state index >= 15 is 0 Å². The van der Waals surface area contributed by atoms with Gasteiger partial charge < -0.3 is 9.80 Å². The van der Waals surface area contributed by atoms with Gasteiger partial charge >= 0.3 is 0 Å². The van der Waals surface area contributed by atoms with Crippen LogP contribution >= 0.6 is 34.3 Å². The van der Waals surface area contributed by atoms with Gasteiger partial charge in [0, 0.05) is 60.9 Å². The van der Waals surface area contributed by atoms with E-state index in [-0.39, 0.29) is 23.2 Å². The number of fused-ring (bicyclic) bond motifs is 1. The van der Waals surface area contributed by atoms with Gasteiger partial charge in [-0.05, 0) is 29.7 Å². The third-order valence-corrected chi connectivity index (χ3v) is 9.71. The van der Waals surface area contributed by atoms with Crippen molar-refractivity contribution in [3.63, 3.8) is 0 Å². The fraction of sp³-hybridized carbons (Fsp3) is 0.300. The number of nitrogens with one attached hydrogen (secondary N) is 1. The molecule has 0 unspecified atom stereocenters. The Morgan fingerprint density at radius 2 is 1.84 bits per heavy atom. The SMILES string of the molecule is CN(C)C(=N)c1csc(C(=O)N2CCN(S(=O)(=O)c3cc4ccc(Cl)cc4s3)CC2)c1. The molecule has 1 saturated heterocycles. The second-order valence-electron chi connectivity index (χ2n) is 7.39. The van der Waals surface area contributed by atoms with Gasteiger partial charge in [-0.3, -0.25) is 10.2 Å². The minimum absolute atomic E-state index is 0.128. The molecule has 0 bridgehead atoms. The summed E-state index contributed by atoms with van der Waals surface area (Å²) in [7, 11) is -0.0593. The maximum atomic E-state index is 13.1. The summed E-state index contributed by atoms with van der Waals surface area (Å²) in [5.41, 5.74) is 0.699. The molecular weight excluding hydrogens is 476 g/mol. The summed E-state index contributed by atoms with van der Waals surface area (Å²) >= 11 is 8.53. The monoisotopic (exact) mass is 496 g/mol. The van der Waals surface area contributed by atoms with Crippen molar-refractivity contribution in [1.29, 1.82) is 5.41 Å². The number of rotatable bonds is 4. The first-order valence-electron chi connectivity index (χ1n) is 9.50. The van der Waals surface area contributed by atoms with E-state index < -0.39 is 10.0 Å². The molecule has 3 heterocycles. The molecule has 1 N–H and O–H groups in total. The van der Waals surface area contributed by atoms with Gasteiger partial charge in [-0.2, -0.15) is 4.31 Å². The van der Waals surface area contributed by atoms with Crippen LogP contribution in [-0.4, -0.2) is 74.5 Å². The molecule has 164 valence electrons. The number of halogens is 1. The summed E-state index contributed by atoms with van der Waals surface area (Å²) in [4.78, 5) is 16.8. The molecule has 31 heavy (non-hydrogen) atoms. The highest BCUT2D eigenvalue weighted by atomic mass is 35.5.